The predicted molar refractivity (Wildman–Crippen MR) is 194 cm³/mol. The van der Waals surface area contributed by atoms with Crippen LogP contribution in [0.3, 0.4) is 0 Å². The first-order valence-corrected chi connectivity index (χ1v) is 19.2. The van der Waals surface area contributed by atoms with Gasteiger partial charge in [0, 0.05) is 51.0 Å². The molecule has 0 radical (unpaired) electrons. The highest BCUT2D eigenvalue weighted by molar-refractivity contribution is 5.99. The normalized spacial score (nSPS) is 46.9. The lowest BCUT2D eigenvalue weighted by Gasteiger charge is -2.52. The zero-order chi connectivity index (χ0) is 38.1. The van der Waals surface area contributed by atoms with Crippen LogP contribution >= 0.6 is 0 Å². The Hall–Kier alpha value is -2.22. The van der Waals surface area contributed by atoms with E-state index in [1.54, 1.807) is 34.0 Å². The summed E-state index contributed by atoms with van der Waals surface area (Å²) in [5.74, 6) is -3.25. The van der Waals surface area contributed by atoms with Crippen LogP contribution < -0.4 is 0 Å². The third-order valence-electron chi connectivity index (χ3n) is 12.3. The van der Waals surface area contributed by atoms with Crippen LogP contribution in [0.25, 0.3) is 0 Å². The number of rotatable bonds is 5. The number of Topliss-reactive ketones (excluding diaryl/α,β-unsaturated/α-hetero) is 1. The Labute approximate surface area is 309 Å². The first-order chi connectivity index (χ1) is 24.5. The molecule has 11 nitrogen and oxygen atoms in total. The van der Waals surface area contributed by atoms with Crippen molar-refractivity contribution in [1.82, 2.24) is 0 Å². The van der Waals surface area contributed by atoms with E-state index in [4.69, 9.17) is 28.4 Å². The van der Waals surface area contributed by atoms with Crippen molar-refractivity contribution in [2.45, 2.75) is 167 Å². The minimum atomic E-state index is -1.79. The molecule has 5 aliphatic rings. The molecule has 3 fully saturated rings. The molecule has 5 rings (SSSR count). The smallest absolute Gasteiger partial charge is 0.316 e. The van der Waals surface area contributed by atoms with Gasteiger partial charge in [0.1, 0.15) is 23.7 Å². The van der Waals surface area contributed by atoms with Crippen molar-refractivity contribution in [3.05, 3.63) is 47.1 Å². The number of hydrogen-bond acceptors (Lipinski definition) is 11. The number of ketones is 1. The molecule has 0 saturated carbocycles. The van der Waals surface area contributed by atoms with Gasteiger partial charge >= 0.3 is 5.97 Å². The second-order valence-electron chi connectivity index (χ2n) is 16.2. The molecule has 2 bridgehead atoms. The average molecular weight is 731 g/mol. The maximum atomic E-state index is 14.1. The highest BCUT2D eigenvalue weighted by atomic mass is 16.7. The van der Waals surface area contributed by atoms with E-state index >= 15 is 0 Å². The second-order valence-corrected chi connectivity index (χ2v) is 16.2. The standard InChI is InChI=1S/C41H62O11/c1-10-22(2)38-27(7)33(43)20-40(52-38)19-30-17-29(51-40)15-14-24(4)37(50-35-18-34(47-9)36(44)28(8)48-35)23(3)12-11-13-26(6)41(46)21-32(42)25(5)16-31(41)39(45)49-30/h11-14,16,22-23,27-31,33-38,43-44,46H,10,15,17-21H2,1-9H3/b12-11+,24-14+,26-13+. The molecular formula is C41H62O11. The molecule has 3 saturated heterocycles. The van der Waals surface area contributed by atoms with Gasteiger partial charge < -0.3 is 43.7 Å². The molecule has 4 heterocycles. The quantitative estimate of drug-likeness (QED) is 0.251. The summed E-state index contributed by atoms with van der Waals surface area (Å²) in [6.07, 6.45) is 6.64. The number of esters is 1. The molecule has 0 amide bonds. The zero-order valence-corrected chi connectivity index (χ0v) is 32.4. The summed E-state index contributed by atoms with van der Waals surface area (Å²) in [6, 6.07) is 0. The minimum absolute atomic E-state index is 0.105. The summed E-state index contributed by atoms with van der Waals surface area (Å²) in [5, 5.41) is 34.0. The fraction of sp³-hybridized carbons (Fsp3) is 0.756. The molecule has 1 aliphatic carbocycles. The Morgan fingerprint density at radius 2 is 1.77 bits per heavy atom. The molecule has 0 aromatic rings. The third-order valence-corrected chi connectivity index (χ3v) is 12.3. The first kappa shape index (κ1) is 41.0. The number of hydrogen-bond donors (Lipinski definition) is 3. The lowest BCUT2D eigenvalue weighted by atomic mass is 9.72. The number of allylic oxidation sites excluding steroid dienone is 3. The van der Waals surface area contributed by atoms with Gasteiger partial charge in [-0.25, -0.2) is 0 Å². The first-order valence-electron chi connectivity index (χ1n) is 19.2. The fourth-order valence-electron chi connectivity index (χ4n) is 8.61. The van der Waals surface area contributed by atoms with E-state index in [0.29, 0.717) is 30.4 Å². The van der Waals surface area contributed by atoms with Gasteiger partial charge in [-0.05, 0) is 56.8 Å². The zero-order valence-electron chi connectivity index (χ0n) is 32.4. The summed E-state index contributed by atoms with van der Waals surface area (Å²) in [4.78, 5) is 27.1. The van der Waals surface area contributed by atoms with Gasteiger partial charge in [-0.2, -0.15) is 0 Å². The SMILES string of the molecule is CCC(C)C1OC2(CC3CC(C/C=C(\C)C(OC4CC(OC)C(O)C(C)O4)C(C)/C=C/C=C(\C)C4(O)CC(=O)C(C)=CC4C(=O)O3)O2)CC(O)C1C. The van der Waals surface area contributed by atoms with Crippen molar-refractivity contribution in [3.8, 4) is 0 Å². The highest BCUT2D eigenvalue weighted by Gasteiger charge is 2.54. The summed E-state index contributed by atoms with van der Waals surface area (Å²) in [6.45, 7) is 15.4. The molecule has 11 heteroatoms. The number of ether oxygens (including phenoxy) is 6. The summed E-state index contributed by atoms with van der Waals surface area (Å²) < 4.78 is 38.2. The molecular weight excluding hydrogens is 668 g/mol. The molecule has 0 aromatic carbocycles. The van der Waals surface area contributed by atoms with E-state index in [9.17, 15) is 24.9 Å². The van der Waals surface area contributed by atoms with Gasteiger partial charge in [0.05, 0.1) is 36.6 Å². The number of aliphatic hydroxyl groups is 3. The van der Waals surface area contributed by atoms with Crippen molar-refractivity contribution in [1.29, 1.82) is 0 Å². The molecule has 292 valence electrons. The van der Waals surface area contributed by atoms with Gasteiger partial charge in [-0.3, -0.25) is 9.59 Å². The Morgan fingerprint density at radius 3 is 2.46 bits per heavy atom. The number of fused-ring (bicyclic) bond motifs is 3. The summed E-state index contributed by atoms with van der Waals surface area (Å²) in [7, 11) is 1.57. The van der Waals surface area contributed by atoms with Crippen LogP contribution in [0.15, 0.2) is 47.1 Å². The second kappa shape index (κ2) is 16.7. The van der Waals surface area contributed by atoms with Crippen molar-refractivity contribution in [3.63, 3.8) is 0 Å². The van der Waals surface area contributed by atoms with Crippen LogP contribution in [-0.4, -0.2) is 101 Å². The van der Waals surface area contributed by atoms with Crippen molar-refractivity contribution >= 4 is 11.8 Å². The number of carbonyl (C=O) groups is 2. The van der Waals surface area contributed by atoms with Crippen LogP contribution in [0, 0.1) is 23.7 Å². The Morgan fingerprint density at radius 1 is 1.04 bits per heavy atom. The molecule has 1 spiro atoms. The lowest BCUT2D eigenvalue weighted by molar-refractivity contribution is -0.354. The molecule has 3 N–H and O–H groups in total. The Kier molecular flexibility index (Phi) is 13.1. The minimum Gasteiger partial charge on any atom is -0.462 e. The van der Waals surface area contributed by atoms with E-state index in [0.717, 1.165) is 12.0 Å². The monoisotopic (exact) mass is 730 g/mol. The van der Waals surface area contributed by atoms with Gasteiger partial charge in [0.25, 0.3) is 0 Å². The van der Waals surface area contributed by atoms with Crippen LogP contribution in [-0.2, 0) is 38.0 Å². The van der Waals surface area contributed by atoms with Crippen LogP contribution in [0.4, 0.5) is 0 Å². The van der Waals surface area contributed by atoms with E-state index in [1.165, 1.54) is 6.08 Å². The van der Waals surface area contributed by atoms with E-state index < -0.39 is 72.3 Å². The Balaban J connectivity index is 1.54. The lowest BCUT2D eigenvalue weighted by Crippen LogP contribution is -2.59. The fourth-order valence-corrected chi connectivity index (χ4v) is 8.61. The van der Waals surface area contributed by atoms with Crippen LogP contribution in [0.1, 0.15) is 100 Å². The molecule has 15 unspecified atom stereocenters. The van der Waals surface area contributed by atoms with Gasteiger partial charge in [0.15, 0.2) is 17.9 Å². The summed E-state index contributed by atoms with van der Waals surface area (Å²) >= 11 is 0. The van der Waals surface area contributed by atoms with Crippen molar-refractivity contribution < 1.29 is 53.3 Å². The Bertz CT molecular complexity index is 1420. The van der Waals surface area contributed by atoms with Crippen molar-refractivity contribution in [2.75, 3.05) is 7.11 Å². The maximum Gasteiger partial charge on any atom is 0.316 e. The van der Waals surface area contributed by atoms with E-state index in [-0.39, 0.29) is 48.9 Å². The molecule has 4 aliphatic heterocycles. The largest absolute Gasteiger partial charge is 0.462 e. The number of methoxy groups -OCH3 is 1. The van der Waals surface area contributed by atoms with Crippen LogP contribution in [0.2, 0.25) is 0 Å². The molecule has 0 aromatic heterocycles. The molecule has 15 atom stereocenters. The van der Waals surface area contributed by atoms with Gasteiger partial charge in [-0.15, -0.1) is 0 Å². The van der Waals surface area contributed by atoms with Gasteiger partial charge in [0.2, 0.25) is 0 Å². The number of aliphatic hydroxyl groups excluding tert-OH is 2. The highest BCUT2D eigenvalue weighted by Crippen LogP contribution is 2.46. The van der Waals surface area contributed by atoms with Gasteiger partial charge in [-0.1, -0.05) is 64.5 Å². The predicted octanol–water partition coefficient (Wildman–Crippen LogP) is 5.26. The van der Waals surface area contributed by atoms with Crippen LogP contribution in [0.5, 0.6) is 0 Å². The van der Waals surface area contributed by atoms with E-state index in [2.05, 4.69) is 19.9 Å². The van der Waals surface area contributed by atoms with E-state index in [1.807, 2.05) is 32.9 Å². The molecule has 52 heavy (non-hydrogen) atoms. The maximum absolute atomic E-state index is 14.1. The van der Waals surface area contributed by atoms with Crippen molar-refractivity contribution in [2.24, 2.45) is 23.7 Å². The third kappa shape index (κ3) is 8.68. The average Bonchev–Trinajstić information content (AvgIpc) is 3.09. The number of carbonyl (C=O) groups excluding carboxylic acids is 2. The summed E-state index contributed by atoms with van der Waals surface area (Å²) in [5.41, 5.74) is 0.0132. The topological polar surface area (TPSA) is 150 Å².